The molecule has 0 aliphatic rings. The first kappa shape index (κ1) is 12.6. The molecule has 5 heteroatoms. The largest absolute Gasteiger partial charge is 0.490 e. The highest BCUT2D eigenvalue weighted by Crippen LogP contribution is 2.18. The topological polar surface area (TPSA) is 59.1 Å². The highest BCUT2D eigenvalue weighted by molar-refractivity contribution is 7.07. The lowest BCUT2D eigenvalue weighted by molar-refractivity contribution is 0.305. The van der Waals surface area contributed by atoms with E-state index in [0.29, 0.717) is 12.2 Å². The van der Waals surface area contributed by atoms with Crippen LogP contribution in [0.4, 0.5) is 4.39 Å². The minimum absolute atomic E-state index is 0.154. The van der Waals surface area contributed by atoms with Crippen molar-refractivity contribution in [3.63, 3.8) is 0 Å². The highest BCUT2D eigenvalue weighted by Gasteiger charge is 2.06. The number of nitrogens with one attached hydrogen (secondary N) is 1. The minimum atomic E-state index is -0.493. The SMILES string of the molecule is N=C(N)c1ccc(OCCc2ccsc2)c(F)c1. The van der Waals surface area contributed by atoms with Gasteiger partial charge in [-0.2, -0.15) is 11.3 Å². The Morgan fingerprint density at radius 3 is 2.83 bits per heavy atom. The zero-order chi connectivity index (χ0) is 13.0. The molecule has 2 aromatic rings. The summed E-state index contributed by atoms with van der Waals surface area (Å²) in [5.74, 6) is -0.457. The fraction of sp³-hybridized carbons (Fsp3) is 0.154. The predicted molar refractivity (Wildman–Crippen MR) is 70.9 cm³/mol. The Labute approximate surface area is 109 Å². The number of nitrogen functional groups attached to an aromatic ring is 1. The van der Waals surface area contributed by atoms with E-state index in [4.69, 9.17) is 15.9 Å². The van der Waals surface area contributed by atoms with Crippen molar-refractivity contribution >= 4 is 17.2 Å². The molecule has 3 N–H and O–H groups in total. The number of ether oxygens (including phenoxy) is 1. The van der Waals surface area contributed by atoms with Crippen LogP contribution >= 0.6 is 11.3 Å². The summed E-state index contributed by atoms with van der Waals surface area (Å²) in [7, 11) is 0. The molecule has 0 aliphatic carbocycles. The number of hydrogen-bond donors (Lipinski definition) is 2. The van der Waals surface area contributed by atoms with E-state index in [1.54, 1.807) is 17.4 Å². The second-order valence-corrected chi connectivity index (χ2v) is 4.57. The maximum Gasteiger partial charge on any atom is 0.165 e. The van der Waals surface area contributed by atoms with Crippen LogP contribution in [0, 0.1) is 11.2 Å². The third kappa shape index (κ3) is 3.07. The van der Waals surface area contributed by atoms with Gasteiger partial charge in [-0.1, -0.05) is 0 Å². The Kier molecular flexibility index (Phi) is 3.94. The van der Waals surface area contributed by atoms with Crippen molar-refractivity contribution < 1.29 is 9.13 Å². The molecular formula is C13H13FN2OS. The second kappa shape index (κ2) is 5.64. The Morgan fingerprint density at radius 2 is 2.22 bits per heavy atom. The lowest BCUT2D eigenvalue weighted by Crippen LogP contribution is -2.11. The standard InChI is InChI=1S/C13H13FN2OS/c14-11-7-10(13(15)16)1-2-12(11)17-5-3-9-4-6-18-8-9/h1-2,4,6-8H,3,5H2,(H3,15,16). The van der Waals surface area contributed by atoms with Gasteiger partial charge >= 0.3 is 0 Å². The average molecular weight is 264 g/mol. The van der Waals surface area contributed by atoms with Gasteiger partial charge in [0.05, 0.1) is 6.61 Å². The van der Waals surface area contributed by atoms with Gasteiger partial charge < -0.3 is 10.5 Å². The van der Waals surface area contributed by atoms with Crippen molar-refractivity contribution in [3.05, 3.63) is 52.0 Å². The maximum absolute atomic E-state index is 13.6. The minimum Gasteiger partial charge on any atom is -0.490 e. The molecule has 0 unspecified atom stereocenters. The fourth-order valence-corrected chi connectivity index (χ4v) is 2.20. The molecular weight excluding hydrogens is 251 g/mol. The molecule has 0 fully saturated rings. The van der Waals surface area contributed by atoms with E-state index in [1.807, 2.05) is 16.8 Å². The van der Waals surface area contributed by atoms with Gasteiger partial charge in [-0.05, 0) is 40.6 Å². The van der Waals surface area contributed by atoms with Crippen LogP contribution in [0.1, 0.15) is 11.1 Å². The van der Waals surface area contributed by atoms with Crippen LogP contribution in [-0.2, 0) is 6.42 Å². The van der Waals surface area contributed by atoms with E-state index in [0.717, 1.165) is 6.42 Å². The summed E-state index contributed by atoms with van der Waals surface area (Å²) in [6, 6.07) is 6.30. The first-order valence-electron chi connectivity index (χ1n) is 5.44. The van der Waals surface area contributed by atoms with Gasteiger partial charge in [0.2, 0.25) is 0 Å². The van der Waals surface area contributed by atoms with E-state index in [1.165, 1.54) is 17.7 Å². The van der Waals surface area contributed by atoms with Crippen molar-refractivity contribution in [1.29, 1.82) is 5.41 Å². The highest BCUT2D eigenvalue weighted by atomic mass is 32.1. The van der Waals surface area contributed by atoms with Crippen LogP contribution in [0.15, 0.2) is 35.0 Å². The predicted octanol–water partition coefficient (Wildman–Crippen LogP) is 2.79. The van der Waals surface area contributed by atoms with Crippen LogP contribution in [0.25, 0.3) is 0 Å². The number of thiophene rings is 1. The van der Waals surface area contributed by atoms with Crippen LogP contribution in [0.3, 0.4) is 0 Å². The zero-order valence-electron chi connectivity index (χ0n) is 9.65. The molecule has 0 saturated carbocycles. The Morgan fingerprint density at radius 1 is 1.39 bits per heavy atom. The van der Waals surface area contributed by atoms with Crippen molar-refractivity contribution in [2.75, 3.05) is 6.61 Å². The molecule has 0 saturated heterocycles. The van der Waals surface area contributed by atoms with Gasteiger partial charge in [-0.15, -0.1) is 0 Å². The van der Waals surface area contributed by atoms with Crippen LogP contribution in [0.2, 0.25) is 0 Å². The average Bonchev–Trinajstić information content (AvgIpc) is 2.84. The van der Waals surface area contributed by atoms with Gasteiger partial charge in [0.25, 0.3) is 0 Å². The molecule has 2 rings (SSSR count). The number of rotatable bonds is 5. The number of halogens is 1. The Bertz CT molecular complexity index is 540. The van der Waals surface area contributed by atoms with Gasteiger partial charge in [0, 0.05) is 12.0 Å². The molecule has 0 radical (unpaired) electrons. The second-order valence-electron chi connectivity index (χ2n) is 3.79. The van der Waals surface area contributed by atoms with E-state index in [9.17, 15) is 4.39 Å². The Hall–Kier alpha value is -1.88. The lowest BCUT2D eigenvalue weighted by Gasteiger charge is -2.07. The van der Waals surface area contributed by atoms with Crippen molar-refractivity contribution in [3.8, 4) is 5.75 Å². The number of hydrogen-bond acceptors (Lipinski definition) is 3. The molecule has 18 heavy (non-hydrogen) atoms. The van der Waals surface area contributed by atoms with Gasteiger partial charge in [0.1, 0.15) is 5.84 Å². The summed E-state index contributed by atoms with van der Waals surface area (Å²) in [4.78, 5) is 0. The van der Waals surface area contributed by atoms with Crippen LogP contribution in [-0.4, -0.2) is 12.4 Å². The quantitative estimate of drug-likeness (QED) is 0.644. The maximum atomic E-state index is 13.6. The van der Waals surface area contributed by atoms with Crippen molar-refractivity contribution in [2.24, 2.45) is 5.73 Å². The molecule has 0 aliphatic heterocycles. The summed E-state index contributed by atoms with van der Waals surface area (Å²) >= 11 is 1.63. The number of amidine groups is 1. The third-order valence-corrected chi connectivity index (χ3v) is 3.20. The van der Waals surface area contributed by atoms with Crippen molar-refractivity contribution in [2.45, 2.75) is 6.42 Å². The molecule has 1 aromatic heterocycles. The smallest absolute Gasteiger partial charge is 0.165 e. The van der Waals surface area contributed by atoms with E-state index in [-0.39, 0.29) is 11.6 Å². The normalized spacial score (nSPS) is 10.3. The molecule has 0 bridgehead atoms. The monoisotopic (exact) mass is 264 g/mol. The van der Waals surface area contributed by atoms with Crippen LogP contribution < -0.4 is 10.5 Å². The Balaban J connectivity index is 1.95. The van der Waals surface area contributed by atoms with Gasteiger partial charge in [0.15, 0.2) is 11.6 Å². The molecule has 3 nitrogen and oxygen atoms in total. The van der Waals surface area contributed by atoms with Gasteiger partial charge in [-0.3, -0.25) is 5.41 Å². The molecule has 1 heterocycles. The third-order valence-electron chi connectivity index (χ3n) is 2.47. The molecule has 0 atom stereocenters. The number of nitrogens with two attached hydrogens (primary N) is 1. The fourth-order valence-electron chi connectivity index (χ4n) is 1.50. The first-order valence-corrected chi connectivity index (χ1v) is 6.39. The summed E-state index contributed by atoms with van der Waals surface area (Å²) in [6.45, 7) is 0.424. The molecule has 0 spiro atoms. The number of benzene rings is 1. The zero-order valence-corrected chi connectivity index (χ0v) is 10.5. The van der Waals surface area contributed by atoms with Crippen molar-refractivity contribution in [1.82, 2.24) is 0 Å². The van der Waals surface area contributed by atoms with E-state index >= 15 is 0 Å². The molecule has 1 aromatic carbocycles. The van der Waals surface area contributed by atoms with E-state index < -0.39 is 5.82 Å². The van der Waals surface area contributed by atoms with Crippen LogP contribution in [0.5, 0.6) is 5.75 Å². The summed E-state index contributed by atoms with van der Waals surface area (Å²) in [5.41, 5.74) is 6.81. The summed E-state index contributed by atoms with van der Waals surface area (Å²) in [5, 5.41) is 11.2. The molecule has 0 amide bonds. The van der Waals surface area contributed by atoms with E-state index in [2.05, 4.69) is 0 Å². The summed E-state index contributed by atoms with van der Waals surface area (Å²) in [6.07, 6.45) is 0.747. The lowest BCUT2D eigenvalue weighted by atomic mass is 10.2. The summed E-state index contributed by atoms with van der Waals surface area (Å²) < 4.78 is 19.0. The molecule has 94 valence electrons. The first-order chi connectivity index (χ1) is 8.66. The van der Waals surface area contributed by atoms with Gasteiger partial charge in [-0.25, -0.2) is 4.39 Å².